The van der Waals surface area contributed by atoms with E-state index in [4.69, 9.17) is 27.9 Å². The molecular weight excluding hydrogens is 537 g/mol. The van der Waals surface area contributed by atoms with E-state index >= 15 is 0 Å². The van der Waals surface area contributed by atoms with Gasteiger partial charge < -0.3 is 15.0 Å². The molecule has 2 rings (SSSR count). The highest BCUT2D eigenvalue weighted by Crippen LogP contribution is 2.31. The van der Waals surface area contributed by atoms with Crippen LogP contribution in [-0.4, -0.2) is 57.6 Å². The molecule has 8 nitrogen and oxygen atoms in total. The Morgan fingerprint density at radius 1 is 1.11 bits per heavy atom. The lowest BCUT2D eigenvalue weighted by atomic mass is 10.1. The number of sulfonamides is 1. The highest BCUT2D eigenvalue weighted by Gasteiger charge is 2.33. The van der Waals surface area contributed by atoms with Crippen molar-refractivity contribution in [2.75, 3.05) is 30.8 Å². The number of carbonyl (C=O) groups excluding carboxylic acids is 2. The van der Waals surface area contributed by atoms with Gasteiger partial charge in [0.2, 0.25) is 21.8 Å². The molecule has 0 radical (unpaired) electrons. The monoisotopic (exact) mass is 571 g/mol. The normalized spacial score (nSPS) is 12.2. The number of nitrogens with zero attached hydrogens (tertiary/aromatic N) is 2. The molecule has 2 aromatic rings. The second-order valence-corrected chi connectivity index (χ2v) is 12.0. The van der Waals surface area contributed by atoms with Gasteiger partial charge in [0.05, 0.1) is 19.1 Å². The Bertz CT molecular complexity index is 1220. The number of amides is 2. The van der Waals surface area contributed by atoms with Gasteiger partial charge in [0.25, 0.3) is 0 Å². The van der Waals surface area contributed by atoms with Crippen molar-refractivity contribution in [3.05, 3.63) is 57.6 Å². The largest absolute Gasteiger partial charge is 0.495 e. The quantitative estimate of drug-likeness (QED) is 0.399. The molecule has 11 heteroatoms. The maximum Gasteiger partial charge on any atom is 0.244 e. The third kappa shape index (κ3) is 8.51. The van der Waals surface area contributed by atoms with E-state index < -0.39 is 28.5 Å². The fourth-order valence-corrected chi connectivity index (χ4v) is 5.08. The zero-order chi connectivity index (χ0) is 27.9. The maximum atomic E-state index is 13.8. The molecule has 204 valence electrons. The standard InChI is InChI=1S/C26H35Cl2N3O5S/c1-7-22(26(33)29-14-17(2)3)30(15-19-9-10-20(27)13-21(19)28)25(32)16-31(37(6,34)35)23-12-18(4)8-11-24(23)36-5/h8-13,17,22H,7,14-16H2,1-6H3,(H,29,33). The molecule has 0 aromatic heterocycles. The van der Waals surface area contributed by atoms with Gasteiger partial charge in [-0.05, 0) is 54.7 Å². The van der Waals surface area contributed by atoms with Crippen LogP contribution in [0.15, 0.2) is 36.4 Å². The summed E-state index contributed by atoms with van der Waals surface area (Å²) in [6.45, 7) is 7.44. The number of halogens is 2. The molecule has 0 fully saturated rings. The summed E-state index contributed by atoms with van der Waals surface area (Å²) in [4.78, 5) is 28.3. The molecule has 0 heterocycles. The first kappa shape index (κ1) is 30.7. The summed E-state index contributed by atoms with van der Waals surface area (Å²) in [6.07, 6.45) is 1.34. The predicted molar refractivity (Wildman–Crippen MR) is 149 cm³/mol. The Kier molecular flexibility index (Phi) is 11.1. The van der Waals surface area contributed by atoms with Crippen LogP contribution in [0.3, 0.4) is 0 Å². The fraction of sp³-hybridized carbons (Fsp3) is 0.462. The molecular formula is C26H35Cl2N3O5S. The minimum atomic E-state index is -3.89. The molecule has 0 spiro atoms. The van der Waals surface area contributed by atoms with Gasteiger partial charge >= 0.3 is 0 Å². The Balaban J connectivity index is 2.53. The average Bonchev–Trinajstić information content (AvgIpc) is 2.81. The van der Waals surface area contributed by atoms with Gasteiger partial charge in [-0.25, -0.2) is 8.42 Å². The van der Waals surface area contributed by atoms with Crippen LogP contribution in [0.25, 0.3) is 0 Å². The van der Waals surface area contributed by atoms with E-state index in [9.17, 15) is 18.0 Å². The lowest BCUT2D eigenvalue weighted by Gasteiger charge is -2.33. The third-order valence-electron chi connectivity index (χ3n) is 5.71. The molecule has 1 atom stereocenters. The van der Waals surface area contributed by atoms with Crippen LogP contribution < -0.4 is 14.4 Å². The van der Waals surface area contributed by atoms with Crippen molar-refractivity contribution in [2.24, 2.45) is 5.92 Å². The summed E-state index contributed by atoms with van der Waals surface area (Å²) in [6, 6.07) is 9.10. The Morgan fingerprint density at radius 3 is 2.32 bits per heavy atom. The van der Waals surface area contributed by atoms with Gasteiger partial charge in [-0.1, -0.05) is 56.1 Å². The van der Waals surface area contributed by atoms with Crippen LogP contribution in [0.2, 0.25) is 10.0 Å². The highest BCUT2D eigenvalue weighted by atomic mass is 35.5. The van der Waals surface area contributed by atoms with Gasteiger partial charge in [-0.2, -0.15) is 0 Å². The first-order valence-corrected chi connectivity index (χ1v) is 14.5. The van der Waals surface area contributed by atoms with Crippen molar-refractivity contribution >= 4 is 50.7 Å². The maximum absolute atomic E-state index is 13.8. The number of ether oxygens (including phenoxy) is 1. The molecule has 0 saturated carbocycles. The van der Waals surface area contributed by atoms with Gasteiger partial charge in [0, 0.05) is 23.1 Å². The van der Waals surface area contributed by atoms with Crippen LogP contribution in [0.4, 0.5) is 5.69 Å². The lowest BCUT2D eigenvalue weighted by Crippen LogP contribution is -2.52. The predicted octanol–water partition coefficient (Wildman–Crippen LogP) is 4.66. The molecule has 1 N–H and O–H groups in total. The van der Waals surface area contributed by atoms with E-state index in [2.05, 4.69) is 5.32 Å². The van der Waals surface area contributed by atoms with E-state index in [0.717, 1.165) is 16.1 Å². The SMILES string of the molecule is CCC(C(=O)NCC(C)C)N(Cc1ccc(Cl)cc1Cl)C(=O)CN(c1cc(C)ccc1OC)S(C)(=O)=O. The third-order valence-corrected chi connectivity index (χ3v) is 7.42. The van der Waals surface area contributed by atoms with Gasteiger partial charge in [0.15, 0.2) is 0 Å². The first-order chi connectivity index (χ1) is 17.3. The van der Waals surface area contributed by atoms with E-state index in [0.29, 0.717) is 34.3 Å². The number of carbonyl (C=O) groups is 2. The minimum absolute atomic E-state index is 0.00893. The number of aryl methyl sites for hydroxylation is 1. The van der Waals surface area contributed by atoms with Crippen LogP contribution in [-0.2, 0) is 26.2 Å². The van der Waals surface area contributed by atoms with E-state index in [-0.39, 0.29) is 24.1 Å². The first-order valence-electron chi connectivity index (χ1n) is 11.9. The second kappa shape index (κ2) is 13.3. The molecule has 0 bridgehead atoms. The fourth-order valence-electron chi connectivity index (χ4n) is 3.77. The number of methoxy groups -OCH3 is 1. The summed E-state index contributed by atoms with van der Waals surface area (Å²) in [5, 5.41) is 3.65. The van der Waals surface area contributed by atoms with E-state index in [1.165, 1.54) is 12.0 Å². The van der Waals surface area contributed by atoms with Crippen molar-refractivity contribution in [3.8, 4) is 5.75 Å². The molecule has 1 unspecified atom stereocenters. The smallest absolute Gasteiger partial charge is 0.244 e. The lowest BCUT2D eigenvalue weighted by molar-refractivity contribution is -0.140. The van der Waals surface area contributed by atoms with Crippen molar-refractivity contribution < 1.29 is 22.7 Å². The molecule has 37 heavy (non-hydrogen) atoms. The van der Waals surface area contributed by atoms with Crippen LogP contribution in [0.5, 0.6) is 5.75 Å². The molecule has 0 aliphatic carbocycles. The topological polar surface area (TPSA) is 96.0 Å². The molecule has 2 aromatic carbocycles. The molecule has 0 saturated heterocycles. The summed E-state index contributed by atoms with van der Waals surface area (Å²) >= 11 is 12.4. The Labute approximate surface area is 229 Å². The number of hydrogen-bond donors (Lipinski definition) is 1. The minimum Gasteiger partial charge on any atom is -0.495 e. The zero-order valence-corrected chi connectivity index (χ0v) is 24.4. The van der Waals surface area contributed by atoms with Crippen molar-refractivity contribution in [1.29, 1.82) is 0 Å². The van der Waals surface area contributed by atoms with Crippen molar-refractivity contribution in [3.63, 3.8) is 0 Å². The number of nitrogens with one attached hydrogen (secondary N) is 1. The summed E-state index contributed by atoms with van der Waals surface area (Å²) < 4.78 is 32.1. The Morgan fingerprint density at radius 2 is 1.78 bits per heavy atom. The number of hydrogen-bond acceptors (Lipinski definition) is 5. The summed E-state index contributed by atoms with van der Waals surface area (Å²) in [5.41, 5.74) is 1.61. The van der Waals surface area contributed by atoms with Crippen molar-refractivity contribution in [2.45, 2.75) is 46.7 Å². The van der Waals surface area contributed by atoms with Gasteiger partial charge in [0.1, 0.15) is 18.3 Å². The molecule has 0 aliphatic heterocycles. The number of rotatable bonds is 12. The average molecular weight is 573 g/mol. The number of anilines is 1. The zero-order valence-electron chi connectivity index (χ0n) is 22.0. The van der Waals surface area contributed by atoms with Crippen LogP contribution >= 0.6 is 23.2 Å². The van der Waals surface area contributed by atoms with Gasteiger partial charge in [-0.15, -0.1) is 0 Å². The van der Waals surface area contributed by atoms with Crippen LogP contribution in [0, 0.1) is 12.8 Å². The highest BCUT2D eigenvalue weighted by molar-refractivity contribution is 7.92. The summed E-state index contributed by atoms with van der Waals surface area (Å²) in [7, 11) is -2.47. The van der Waals surface area contributed by atoms with Crippen molar-refractivity contribution in [1.82, 2.24) is 10.2 Å². The molecule has 2 amide bonds. The number of benzene rings is 2. The van der Waals surface area contributed by atoms with E-state index in [1.54, 1.807) is 43.3 Å². The van der Waals surface area contributed by atoms with E-state index in [1.807, 2.05) is 20.8 Å². The van der Waals surface area contributed by atoms with Crippen LogP contribution in [0.1, 0.15) is 38.3 Å². The second-order valence-electron chi connectivity index (χ2n) is 9.27. The summed E-state index contributed by atoms with van der Waals surface area (Å²) in [5.74, 6) is -0.371. The Hall–Kier alpha value is -2.49. The van der Waals surface area contributed by atoms with Gasteiger partial charge in [-0.3, -0.25) is 13.9 Å². The molecule has 0 aliphatic rings.